The molecule has 2 rings (SSSR count). The van der Waals surface area contributed by atoms with E-state index in [0.717, 1.165) is 0 Å². The highest BCUT2D eigenvalue weighted by Crippen LogP contribution is 2.17. The lowest BCUT2D eigenvalue weighted by atomic mass is 10.1. The van der Waals surface area contributed by atoms with Crippen LogP contribution in [0.2, 0.25) is 0 Å². The van der Waals surface area contributed by atoms with Gasteiger partial charge in [0.25, 0.3) is 5.91 Å². The Labute approximate surface area is 106 Å². The molecular weight excluding hydrogens is 290 g/mol. The summed E-state index contributed by atoms with van der Waals surface area (Å²) in [6, 6.07) is 2.57. The van der Waals surface area contributed by atoms with Crippen LogP contribution in [0.3, 0.4) is 0 Å². The zero-order chi connectivity index (χ0) is 12.4. The van der Waals surface area contributed by atoms with Crippen LogP contribution < -0.4 is 11.1 Å². The van der Waals surface area contributed by atoms with E-state index in [1.165, 1.54) is 4.90 Å². The third kappa shape index (κ3) is 2.50. The van der Waals surface area contributed by atoms with Crippen LogP contribution in [0, 0.1) is 0 Å². The monoisotopic (exact) mass is 301 g/mol. The average molecular weight is 302 g/mol. The lowest BCUT2D eigenvalue weighted by molar-refractivity contribution is -0.122. The van der Waals surface area contributed by atoms with Crippen molar-refractivity contribution in [1.82, 2.24) is 10.2 Å². The van der Waals surface area contributed by atoms with E-state index in [-0.39, 0.29) is 11.7 Å². The SMILES string of the molecule is NC(=O)C1CNCCN1C(=O)c1ccc(Br)o1. The Balaban J connectivity index is 2.19. The molecule has 92 valence electrons. The first-order valence-electron chi connectivity index (χ1n) is 5.16. The molecule has 1 aliphatic heterocycles. The zero-order valence-corrected chi connectivity index (χ0v) is 10.6. The maximum absolute atomic E-state index is 12.1. The van der Waals surface area contributed by atoms with Gasteiger partial charge in [0.15, 0.2) is 10.4 Å². The number of nitrogens with two attached hydrogens (primary N) is 1. The van der Waals surface area contributed by atoms with E-state index in [0.29, 0.717) is 24.3 Å². The van der Waals surface area contributed by atoms with Gasteiger partial charge in [0.2, 0.25) is 5.91 Å². The predicted molar refractivity (Wildman–Crippen MR) is 63.3 cm³/mol. The van der Waals surface area contributed by atoms with Crippen LogP contribution in [-0.2, 0) is 4.79 Å². The smallest absolute Gasteiger partial charge is 0.290 e. The molecule has 1 atom stereocenters. The lowest BCUT2D eigenvalue weighted by Crippen LogP contribution is -2.58. The second-order valence-corrected chi connectivity index (χ2v) is 4.51. The van der Waals surface area contributed by atoms with Crippen molar-refractivity contribution < 1.29 is 14.0 Å². The first-order valence-corrected chi connectivity index (χ1v) is 5.95. The normalized spacial score (nSPS) is 20.3. The van der Waals surface area contributed by atoms with Crippen molar-refractivity contribution in [3.05, 3.63) is 22.6 Å². The van der Waals surface area contributed by atoms with Crippen molar-refractivity contribution >= 4 is 27.7 Å². The summed E-state index contributed by atoms with van der Waals surface area (Å²) in [4.78, 5) is 24.8. The molecular formula is C10H12BrN3O3. The van der Waals surface area contributed by atoms with Gasteiger partial charge < -0.3 is 20.4 Å². The van der Waals surface area contributed by atoms with Crippen molar-refractivity contribution in [2.24, 2.45) is 5.73 Å². The van der Waals surface area contributed by atoms with Crippen molar-refractivity contribution in [3.8, 4) is 0 Å². The van der Waals surface area contributed by atoms with E-state index in [1.54, 1.807) is 12.1 Å². The Kier molecular flexibility index (Phi) is 3.49. The Hall–Kier alpha value is -1.34. The second kappa shape index (κ2) is 4.89. The van der Waals surface area contributed by atoms with E-state index in [2.05, 4.69) is 21.2 Å². The van der Waals surface area contributed by atoms with Crippen LogP contribution in [0.15, 0.2) is 21.2 Å². The van der Waals surface area contributed by atoms with Crippen LogP contribution in [-0.4, -0.2) is 42.4 Å². The van der Waals surface area contributed by atoms with Crippen molar-refractivity contribution in [2.75, 3.05) is 19.6 Å². The molecule has 6 nitrogen and oxygen atoms in total. The number of amides is 2. The molecule has 0 aromatic carbocycles. The summed E-state index contributed by atoms with van der Waals surface area (Å²) in [6.45, 7) is 1.45. The van der Waals surface area contributed by atoms with Crippen LogP contribution >= 0.6 is 15.9 Å². The van der Waals surface area contributed by atoms with Crippen LogP contribution in [0.1, 0.15) is 10.6 Å². The number of halogens is 1. The molecule has 1 fully saturated rings. The van der Waals surface area contributed by atoms with E-state index in [1.807, 2.05) is 0 Å². The van der Waals surface area contributed by atoms with Crippen LogP contribution in [0.4, 0.5) is 0 Å². The summed E-state index contributed by atoms with van der Waals surface area (Å²) in [7, 11) is 0. The topological polar surface area (TPSA) is 88.6 Å². The number of piperazine rings is 1. The minimum Gasteiger partial charge on any atom is -0.444 e. The number of carbonyl (C=O) groups excluding carboxylic acids is 2. The Morgan fingerprint density at radius 3 is 2.88 bits per heavy atom. The van der Waals surface area contributed by atoms with Gasteiger partial charge in [0.05, 0.1) is 0 Å². The zero-order valence-electron chi connectivity index (χ0n) is 8.98. The van der Waals surface area contributed by atoms with Gasteiger partial charge in [-0.25, -0.2) is 0 Å². The molecule has 0 aliphatic carbocycles. The molecule has 1 unspecified atom stereocenters. The Bertz CT molecular complexity index is 446. The molecule has 1 aromatic heterocycles. The largest absolute Gasteiger partial charge is 0.444 e. The molecule has 1 saturated heterocycles. The highest BCUT2D eigenvalue weighted by atomic mass is 79.9. The van der Waals surface area contributed by atoms with Gasteiger partial charge in [-0.3, -0.25) is 9.59 Å². The number of nitrogens with zero attached hydrogens (tertiary/aromatic N) is 1. The van der Waals surface area contributed by atoms with Crippen molar-refractivity contribution in [3.63, 3.8) is 0 Å². The standard InChI is InChI=1S/C10H12BrN3O3/c11-8-2-1-7(17-8)10(16)14-4-3-13-5-6(14)9(12)15/h1-2,6,13H,3-5H2,(H2,12,15). The first-order chi connectivity index (χ1) is 8.09. The Morgan fingerprint density at radius 1 is 1.53 bits per heavy atom. The third-order valence-corrected chi connectivity index (χ3v) is 3.04. The van der Waals surface area contributed by atoms with Gasteiger partial charge in [-0.1, -0.05) is 0 Å². The predicted octanol–water partition coefficient (Wildman–Crippen LogP) is -0.0586. The van der Waals surface area contributed by atoms with Crippen molar-refractivity contribution in [2.45, 2.75) is 6.04 Å². The quantitative estimate of drug-likeness (QED) is 0.801. The average Bonchev–Trinajstić information content (AvgIpc) is 2.75. The molecule has 17 heavy (non-hydrogen) atoms. The highest BCUT2D eigenvalue weighted by molar-refractivity contribution is 9.10. The number of rotatable bonds is 2. The number of primary amides is 1. The van der Waals surface area contributed by atoms with E-state index < -0.39 is 11.9 Å². The summed E-state index contributed by atoms with van der Waals surface area (Å²) in [6.07, 6.45) is 0. The van der Waals surface area contributed by atoms with E-state index in [9.17, 15) is 9.59 Å². The molecule has 7 heteroatoms. The van der Waals surface area contributed by atoms with Crippen molar-refractivity contribution in [1.29, 1.82) is 0 Å². The molecule has 0 saturated carbocycles. The number of nitrogens with one attached hydrogen (secondary N) is 1. The fraction of sp³-hybridized carbons (Fsp3) is 0.400. The molecule has 0 bridgehead atoms. The van der Waals surface area contributed by atoms with E-state index >= 15 is 0 Å². The summed E-state index contributed by atoms with van der Waals surface area (Å²) >= 11 is 3.13. The van der Waals surface area contributed by atoms with E-state index in [4.69, 9.17) is 10.2 Å². The number of carbonyl (C=O) groups is 2. The summed E-state index contributed by atoms with van der Waals surface area (Å²) < 4.78 is 5.66. The van der Waals surface area contributed by atoms with Gasteiger partial charge in [-0.2, -0.15) is 0 Å². The first kappa shape index (κ1) is 12.1. The molecule has 1 aromatic rings. The van der Waals surface area contributed by atoms with Gasteiger partial charge in [-0.05, 0) is 28.1 Å². The number of furan rings is 1. The minimum atomic E-state index is -0.625. The van der Waals surface area contributed by atoms with Crippen LogP contribution in [0.25, 0.3) is 0 Å². The van der Waals surface area contributed by atoms with Gasteiger partial charge in [0, 0.05) is 19.6 Å². The van der Waals surface area contributed by atoms with Gasteiger partial charge in [-0.15, -0.1) is 0 Å². The summed E-state index contributed by atoms with van der Waals surface area (Å²) in [5.74, 6) is -0.637. The van der Waals surface area contributed by atoms with Gasteiger partial charge >= 0.3 is 0 Å². The van der Waals surface area contributed by atoms with Crippen LogP contribution in [0.5, 0.6) is 0 Å². The molecule has 0 spiro atoms. The fourth-order valence-electron chi connectivity index (χ4n) is 1.77. The third-order valence-electron chi connectivity index (χ3n) is 2.62. The molecule has 0 radical (unpaired) electrons. The molecule has 2 amide bonds. The lowest BCUT2D eigenvalue weighted by Gasteiger charge is -2.33. The minimum absolute atomic E-state index is 0.199. The second-order valence-electron chi connectivity index (χ2n) is 3.72. The number of hydrogen-bond donors (Lipinski definition) is 2. The highest BCUT2D eigenvalue weighted by Gasteiger charge is 2.32. The summed E-state index contributed by atoms with van der Waals surface area (Å²) in [5, 5.41) is 3.02. The van der Waals surface area contributed by atoms with Gasteiger partial charge in [0.1, 0.15) is 6.04 Å². The molecule has 1 aliphatic rings. The maximum Gasteiger partial charge on any atom is 0.290 e. The molecule has 3 N–H and O–H groups in total. The summed E-state index contributed by atoms with van der Waals surface area (Å²) in [5.41, 5.74) is 5.27. The maximum atomic E-state index is 12.1. The Morgan fingerprint density at radius 2 is 2.29 bits per heavy atom. The molecule has 2 heterocycles. The number of hydrogen-bond acceptors (Lipinski definition) is 4. The fourth-order valence-corrected chi connectivity index (χ4v) is 2.08.